The van der Waals surface area contributed by atoms with Gasteiger partial charge in [0.2, 0.25) is 5.91 Å². The minimum absolute atomic E-state index is 0.0537. The lowest BCUT2D eigenvalue weighted by molar-refractivity contribution is -0.144. The number of nitrogens with zero attached hydrogens (tertiary/aromatic N) is 2. The minimum atomic E-state index is -0.0542. The molecule has 0 aromatic carbocycles. The predicted molar refractivity (Wildman–Crippen MR) is 70.5 cm³/mol. The second-order valence-electron chi connectivity index (χ2n) is 5.81. The molecule has 0 spiro atoms. The van der Waals surface area contributed by atoms with Gasteiger partial charge in [0.1, 0.15) is 0 Å². The molecule has 5 nitrogen and oxygen atoms in total. The summed E-state index contributed by atoms with van der Waals surface area (Å²) in [5.41, 5.74) is -0.0542. The van der Waals surface area contributed by atoms with Crippen molar-refractivity contribution in [2.45, 2.75) is 32.4 Å². The van der Waals surface area contributed by atoms with Gasteiger partial charge in [0.05, 0.1) is 19.3 Å². The highest BCUT2D eigenvalue weighted by Crippen LogP contribution is 2.22. The van der Waals surface area contributed by atoms with Crippen molar-refractivity contribution in [1.82, 2.24) is 15.1 Å². The third kappa shape index (κ3) is 2.84. The zero-order chi connectivity index (χ0) is 13.2. The molecule has 0 bridgehead atoms. The molecule has 5 heteroatoms. The molecule has 1 amide bonds. The van der Waals surface area contributed by atoms with Crippen LogP contribution in [0.5, 0.6) is 0 Å². The molecule has 2 fully saturated rings. The first-order chi connectivity index (χ1) is 8.52. The van der Waals surface area contributed by atoms with Crippen LogP contribution in [0.2, 0.25) is 0 Å². The maximum Gasteiger partial charge on any atom is 0.239 e. The molecule has 18 heavy (non-hydrogen) atoms. The van der Waals surface area contributed by atoms with Gasteiger partial charge in [-0.15, -0.1) is 0 Å². The van der Waals surface area contributed by atoms with E-state index in [1.807, 2.05) is 11.8 Å². The molecule has 2 rings (SSSR count). The van der Waals surface area contributed by atoms with E-state index in [9.17, 15) is 4.79 Å². The highest BCUT2D eigenvalue weighted by Gasteiger charge is 2.37. The van der Waals surface area contributed by atoms with E-state index in [0.29, 0.717) is 6.61 Å². The second kappa shape index (κ2) is 5.55. The van der Waals surface area contributed by atoms with Crippen LogP contribution in [-0.2, 0) is 9.53 Å². The topological polar surface area (TPSA) is 44.8 Å². The fraction of sp³-hybridized carbons (Fsp3) is 0.923. The zero-order valence-electron chi connectivity index (χ0n) is 11.7. The van der Waals surface area contributed by atoms with Gasteiger partial charge in [-0.05, 0) is 20.8 Å². The SMILES string of the molecule is CC(C(=O)N1CCNCC1)N1CCOCC1(C)C. The summed E-state index contributed by atoms with van der Waals surface area (Å²) in [5, 5.41) is 3.28. The Morgan fingerprint density at radius 3 is 2.56 bits per heavy atom. The normalized spacial score (nSPS) is 26.9. The van der Waals surface area contributed by atoms with Crippen LogP contribution in [0, 0.1) is 0 Å². The molecule has 2 heterocycles. The molecular formula is C13H25N3O2. The lowest BCUT2D eigenvalue weighted by Gasteiger charge is -2.46. The summed E-state index contributed by atoms with van der Waals surface area (Å²) in [6.07, 6.45) is 0. The average Bonchev–Trinajstić information content (AvgIpc) is 2.37. The Balaban J connectivity index is 2.00. The maximum atomic E-state index is 12.5. The van der Waals surface area contributed by atoms with Crippen LogP contribution in [0.4, 0.5) is 0 Å². The summed E-state index contributed by atoms with van der Waals surface area (Å²) < 4.78 is 5.51. The van der Waals surface area contributed by atoms with E-state index in [1.165, 1.54) is 0 Å². The van der Waals surface area contributed by atoms with Crippen molar-refractivity contribution < 1.29 is 9.53 Å². The summed E-state index contributed by atoms with van der Waals surface area (Å²) in [6.45, 7) is 12.1. The van der Waals surface area contributed by atoms with E-state index in [2.05, 4.69) is 24.1 Å². The Hall–Kier alpha value is -0.650. The van der Waals surface area contributed by atoms with Crippen LogP contribution in [-0.4, -0.2) is 73.2 Å². The van der Waals surface area contributed by atoms with E-state index >= 15 is 0 Å². The average molecular weight is 255 g/mol. The smallest absolute Gasteiger partial charge is 0.239 e. The summed E-state index contributed by atoms with van der Waals surface area (Å²) in [6, 6.07) is -0.0537. The number of carbonyl (C=O) groups excluding carboxylic acids is 1. The molecule has 1 N–H and O–H groups in total. The fourth-order valence-electron chi connectivity index (χ4n) is 2.87. The van der Waals surface area contributed by atoms with Crippen LogP contribution in [0.25, 0.3) is 0 Å². The van der Waals surface area contributed by atoms with Gasteiger partial charge >= 0.3 is 0 Å². The number of piperazine rings is 1. The number of nitrogens with one attached hydrogen (secondary N) is 1. The van der Waals surface area contributed by atoms with Crippen molar-refractivity contribution in [1.29, 1.82) is 0 Å². The molecule has 2 aliphatic rings. The number of morpholine rings is 1. The van der Waals surface area contributed by atoms with Gasteiger partial charge in [-0.1, -0.05) is 0 Å². The largest absolute Gasteiger partial charge is 0.378 e. The highest BCUT2D eigenvalue weighted by molar-refractivity contribution is 5.81. The summed E-state index contributed by atoms with van der Waals surface area (Å²) >= 11 is 0. The number of hydrogen-bond acceptors (Lipinski definition) is 4. The summed E-state index contributed by atoms with van der Waals surface area (Å²) in [7, 11) is 0. The predicted octanol–water partition coefficient (Wildman–Crippen LogP) is -0.0825. The first kappa shape index (κ1) is 13.8. The van der Waals surface area contributed by atoms with Gasteiger partial charge in [-0.3, -0.25) is 9.69 Å². The first-order valence-electron chi connectivity index (χ1n) is 6.86. The van der Waals surface area contributed by atoms with E-state index in [0.717, 1.165) is 39.3 Å². The third-order valence-electron chi connectivity index (χ3n) is 3.96. The Morgan fingerprint density at radius 1 is 1.28 bits per heavy atom. The van der Waals surface area contributed by atoms with E-state index < -0.39 is 0 Å². The number of rotatable bonds is 2. The van der Waals surface area contributed by atoms with Crippen LogP contribution in [0.1, 0.15) is 20.8 Å². The molecular weight excluding hydrogens is 230 g/mol. The standard InChI is InChI=1S/C13H25N3O2/c1-11(12(17)15-6-4-14-5-7-15)16-8-9-18-10-13(16,2)3/h11,14H,4-10H2,1-3H3. The molecule has 0 aromatic rings. The minimum Gasteiger partial charge on any atom is -0.378 e. The van der Waals surface area contributed by atoms with Crippen molar-refractivity contribution in [3.05, 3.63) is 0 Å². The van der Waals surface area contributed by atoms with Gasteiger partial charge in [-0.2, -0.15) is 0 Å². The van der Waals surface area contributed by atoms with Crippen molar-refractivity contribution in [3.8, 4) is 0 Å². The Kier molecular flexibility index (Phi) is 4.25. The lowest BCUT2D eigenvalue weighted by atomic mass is 9.99. The Bertz CT molecular complexity index is 301. The monoisotopic (exact) mass is 255 g/mol. The van der Waals surface area contributed by atoms with E-state index in [4.69, 9.17) is 4.74 Å². The lowest BCUT2D eigenvalue weighted by Crippen LogP contribution is -2.61. The second-order valence-corrected chi connectivity index (χ2v) is 5.81. The zero-order valence-corrected chi connectivity index (χ0v) is 11.7. The molecule has 2 saturated heterocycles. The van der Waals surface area contributed by atoms with Crippen LogP contribution in [0.3, 0.4) is 0 Å². The third-order valence-corrected chi connectivity index (χ3v) is 3.96. The summed E-state index contributed by atoms with van der Waals surface area (Å²) in [5.74, 6) is 0.256. The molecule has 0 saturated carbocycles. The maximum absolute atomic E-state index is 12.5. The fourth-order valence-corrected chi connectivity index (χ4v) is 2.87. The van der Waals surface area contributed by atoms with Gasteiger partial charge in [-0.25, -0.2) is 0 Å². The van der Waals surface area contributed by atoms with Crippen molar-refractivity contribution in [2.75, 3.05) is 45.9 Å². The quantitative estimate of drug-likeness (QED) is 0.749. The van der Waals surface area contributed by atoms with Crippen LogP contribution >= 0.6 is 0 Å². The molecule has 2 aliphatic heterocycles. The van der Waals surface area contributed by atoms with Crippen molar-refractivity contribution in [2.24, 2.45) is 0 Å². The highest BCUT2D eigenvalue weighted by atomic mass is 16.5. The molecule has 0 aromatic heterocycles. The first-order valence-corrected chi connectivity index (χ1v) is 6.86. The van der Waals surface area contributed by atoms with Crippen LogP contribution in [0.15, 0.2) is 0 Å². The number of carbonyl (C=O) groups is 1. The van der Waals surface area contributed by atoms with Crippen molar-refractivity contribution in [3.63, 3.8) is 0 Å². The molecule has 1 unspecified atom stereocenters. The molecule has 1 atom stereocenters. The number of hydrogen-bond donors (Lipinski definition) is 1. The van der Waals surface area contributed by atoms with Gasteiger partial charge in [0.25, 0.3) is 0 Å². The molecule has 104 valence electrons. The Labute approximate surface area is 109 Å². The number of amides is 1. The van der Waals surface area contributed by atoms with E-state index in [-0.39, 0.29) is 17.5 Å². The van der Waals surface area contributed by atoms with Crippen LogP contribution < -0.4 is 5.32 Å². The Morgan fingerprint density at radius 2 is 1.94 bits per heavy atom. The van der Waals surface area contributed by atoms with Crippen molar-refractivity contribution >= 4 is 5.91 Å². The van der Waals surface area contributed by atoms with Gasteiger partial charge in [0.15, 0.2) is 0 Å². The van der Waals surface area contributed by atoms with E-state index in [1.54, 1.807) is 0 Å². The van der Waals surface area contributed by atoms with Gasteiger partial charge in [0, 0.05) is 38.3 Å². The molecule has 0 aliphatic carbocycles. The molecule has 0 radical (unpaired) electrons. The summed E-state index contributed by atoms with van der Waals surface area (Å²) in [4.78, 5) is 16.8. The van der Waals surface area contributed by atoms with Gasteiger partial charge < -0.3 is 15.0 Å². The number of ether oxygens (including phenoxy) is 1.